The predicted octanol–water partition coefficient (Wildman–Crippen LogP) is 5.24. The second-order valence-corrected chi connectivity index (χ2v) is 9.22. The van der Waals surface area contributed by atoms with Gasteiger partial charge < -0.3 is 9.84 Å². The molecule has 1 saturated heterocycles. The van der Waals surface area contributed by atoms with Gasteiger partial charge in [-0.3, -0.25) is 0 Å². The molecule has 8 nitrogen and oxygen atoms in total. The smallest absolute Gasteiger partial charge is 0.193 e. The normalized spacial score (nSPS) is 16.4. The molecule has 0 radical (unpaired) electrons. The second kappa shape index (κ2) is 8.30. The number of rotatable bonds is 4. The number of hydrogen-bond donors (Lipinski definition) is 1. The van der Waals surface area contributed by atoms with E-state index in [4.69, 9.17) is 9.72 Å². The zero-order chi connectivity index (χ0) is 23.2. The van der Waals surface area contributed by atoms with Gasteiger partial charge >= 0.3 is 0 Å². The second-order valence-electron chi connectivity index (χ2n) is 8.22. The molecule has 0 saturated carbocycles. The zero-order valence-corrected chi connectivity index (χ0v) is 19.2. The van der Waals surface area contributed by atoms with Gasteiger partial charge in [-0.2, -0.15) is 5.10 Å². The van der Waals surface area contributed by atoms with Crippen molar-refractivity contribution < 1.29 is 14.2 Å². The minimum Gasteiger partial charge on any atom is -0.508 e. The average Bonchev–Trinajstić information content (AvgIpc) is 3.56. The molecule has 10 heteroatoms. The topological polar surface area (TPSA) is 90.4 Å². The molecule has 0 bridgehead atoms. The third-order valence-corrected chi connectivity index (χ3v) is 6.99. The Kier molecular flexibility index (Phi) is 5.11. The van der Waals surface area contributed by atoms with Crippen molar-refractivity contribution >= 4 is 16.9 Å². The highest BCUT2D eigenvalue weighted by atomic mass is 32.1. The maximum atomic E-state index is 14.9. The number of pyridine rings is 1. The highest BCUT2D eigenvalue weighted by Gasteiger charge is 2.25. The van der Waals surface area contributed by atoms with Crippen LogP contribution in [0.25, 0.3) is 38.0 Å². The highest BCUT2D eigenvalue weighted by molar-refractivity contribution is 7.19. The Morgan fingerprint density at radius 1 is 1.18 bits per heavy atom. The summed E-state index contributed by atoms with van der Waals surface area (Å²) in [4.78, 5) is 10.0. The van der Waals surface area contributed by atoms with Crippen molar-refractivity contribution in [1.29, 1.82) is 0 Å². The molecule has 172 valence electrons. The molecule has 0 amide bonds. The summed E-state index contributed by atoms with van der Waals surface area (Å²) in [5.41, 5.74) is 3.09. The van der Waals surface area contributed by atoms with Crippen LogP contribution in [-0.4, -0.2) is 41.1 Å². The van der Waals surface area contributed by atoms with Crippen LogP contribution in [0.4, 0.5) is 4.39 Å². The van der Waals surface area contributed by atoms with Gasteiger partial charge in [-0.25, -0.2) is 23.6 Å². The third-order valence-electron chi connectivity index (χ3n) is 5.93. The van der Waals surface area contributed by atoms with E-state index >= 15 is 0 Å². The summed E-state index contributed by atoms with van der Waals surface area (Å²) in [5, 5.41) is 19.9. The van der Waals surface area contributed by atoms with Crippen molar-refractivity contribution in [1.82, 2.24) is 29.4 Å². The molecule has 5 aromatic rings. The summed E-state index contributed by atoms with van der Waals surface area (Å²) in [6.07, 6.45) is 6.20. The first-order chi connectivity index (χ1) is 16.6. The lowest BCUT2D eigenvalue weighted by molar-refractivity contribution is -0.0395. The van der Waals surface area contributed by atoms with Crippen LogP contribution in [0.1, 0.15) is 31.2 Å². The van der Waals surface area contributed by atoms with Crippen molar-refractivity contribution in [2.24, 2.45) is 0 Å². The Balaban J connectivity index is 1.52. The SMILES string of the molecule is Cc1nn2ccc(O)cc2c1-c1nc(-c2ccccc2F)c(-c2ncn(C3CCCCO3)n2)s1. The number of ether oxygens (including phenoxy) is 1. The Hall–Kier alpha value is -3.63. The number of aromatic nitrogens is 6. The van der Waals surface area contributed by atoms with E-state index < -0.39 is 0 Å². The first-order valence-electron chi connectivity index (χ1n) is 11.1. The monoisotopic (exact) mass is 476 g/mol. The van der Waals surface area contributed by atoms with E-state index in [0.717, 1.165) is 30.5 Å². The maximum absolute atomic E-state index is 14.9. The minimum atomic E-state index is -0.370. The van der Waals surface area contributed by atoms with Gasteiger partial charge in [-0.15, -0.1) is 16.4 Å². The van der Waals surface area contributed by atoms with Crippen LogP contribution in [0, 0.1) is 12.7 Å². The van der Waals surface area contributed by atoms with E-state index in [1.807, 2.05) is 6.92 Å². The molecule has 1 N–H and O–H groups in total. The Morgan fingerprint density at radius 2 is 2.06 bits per heavy atom. The van der Waals surface area contributed by atoms with Crippen LogP contribution in [0.3, 0.4) is 0 Å². The van der Waals surface area contributed by atoms with E-state index in [1.54, 1.807) is 52.1 Å². The molecule has 1 atom stereocenters. The maximum Gasteiger partial charge on any atom is 0.193 e. The zero-order valence-electron chi connectivity index (χ0n) is 18.3. The molecule has 1 aliphatic heterocycles. The fourth-order valence-electron chi connectivity index (χ4n) is 4.28. The summed E-state index contributed by atoms with van der Waals surface area (Å²) in [6.45, 7) is 2.59. The summed E-state index contributed by atoms with van der Waals surface area (Å²) in [5.74, 6) is 0.227. The van der Waals surface area contributed by atoms with E-state index in [0.29, 0.717) is 39.1 Å². The van der Waals surface area contributed by atoms with Gasteiger partial charge in [-0.1, -0.05) is 12.1 Å². The highest BCUT2D eigenvalue weighted by Crippen LogP contribution is 2.42. The van der Waals surface area contributed by atoms with Crippen LogP contribution in [0.2, 0.25) is 0 Å². The van der Waals surface area contributed by atoms with Gasteiger partial charge in [-0.05, 0) is 44.4 Å². The van der Waals surface area contributed by atoms with E-state index in [9.17, 15) is 9.50 Å². The van der Waals surface area contributed by atoms with Crippen molar-refractivity contribution in [3.8, 4) is 38.3 Å². The van der Waals surface area contributed by atoms with Gasteiger partial charge in [0.05, 0.1) is 22.5 Å². The van der Waals surface area contributed by atoms with E-state index in [-0.39, 0.29) is 17.8 Å². The van der Waals surface area contributed by atoms with Crippen molar-refractivity contribution in [2.45, 2.75) is 32.4 Å². The van der Waals surface area contributed by atoms with Crippen molar-refractivity contribution in [2.75, 3.05) is 6.61 Å². The van der Waals surface area contributed by atoms with Gasteiger partial charge in [0, 0.05) is 24.4 Å². The number of fused-ring (bicyclic) bond motifs is 1. The molecule has 5 heterocycles. The van der Waals surface area contributed by atoms with Crippen molar-refractivity contribution in [3.63, 3.8) is 0 Å². The fourth-order valence-corrected chi connectivity index (χ4v) is 5.40. The molecule has 1 aliphatic rings. The summed E-state index contributed by atoms with van der Waals surface area (Å²) < 4.78 is 24.1. The molecular formula is C24H21FN6O2S. The molecule has 4 aromatic heterocycles. The van der Waals surface area contributed by atoms with Crippen molar-refractivity contribution in [3.05, 3.63) is 60.4 Å². The van der Waals surface area contributed by atoms with Gasteiger partial charge in [0.2, 0.25) is 0 Å². The van der Waals surface area contributed by atoms with Gasteiger partial charge in [0.15, 0.2) is 12.1 Å². The quantitative estimate of drug-likeness (QED) is 0.382. The fraction of sp³-hybridized carbons (Fsp3) is 0.250. The summed E-state index contributed by atoms with van der Waals surface area (Å²) in [6, 6.07) is 9.77. The predicted molar refractivity (Wildman–Crippen MR) is 126 cm³/mol. The minimum absolute atomic E-state index is 0.132. The number of benzene rings is 1. The Labute approximate surface area is 198 Å². The molecule has 1 fully saturated rings. The van der Waals surface area contributed by atoms with Gasteiger partial charge in [0.25, 0.3) is 0 Å². The van der Waals surface area contributed by atoms with Crippen LogP contribution >= 0.6 is 11.3 Å². The first-order valence-corrected chi connectivity index (χ1v) is 11.9. The Morgan fingerprint density at radius 3 is 2.88 bits per heavy atom. The number of aromatic hydroxyl groups is 1. The Bertz CT molecular complexity index is 1500. The lowest BCUT2D eigenvalue weighted by Crippen LogP contribution is -2.18. The third kappa shape index (κ3) is 3.55. The van der Waals surface area contributed by atoms with Crippen LogP contribution in [0.15, 0.2) is 48.9 Å². The number of nitrogens with zero attached hydrogens (tertiary/aromatic N) is 6. The van der Waals surface area contributed by atoms with Crippen LogP contribution in [0.5, 0.6) is 5.75 Å². The van der Waals surface area contributed by atoms with Crippen LogP contribution in [-0.2, 0) is 4.74 Å². The largest absolute Gasteiger partial charge is 0.508 e. The average molecular weight is 477 g/mol. The molecule has 6 rings (SSSR count). The first kappa shape index (κ1) is 20.9. The lowest BCUT2D eigenvalue weighted by Gasteiger charge is -2.21. The van der Waals surface area contributed by atoms with Gasteiger partial charge in [0.1, 0.15) is 27.8 Å². The summed E-state index contributed by atoms with van der Waals surface area (Å²) in [7, 11) is 0. The van der Waals surface area contributed by atoms with E-state index in [1.165, 1.54) is 17.4 Å². The number of aryl methyl sites for hydroxylation is 1. The molecule has 1 unspecified atom stereocenters. The molecule has 0 aliphatic carbocycles. The standard InChI is InChI=1S/C24H21FN6O2S/c1-14-20(18-12-15(32)9-10-30(18)28-14)24-27-21(16-6-2-3-7-17(16)25)22(34-24)23-26-13-31(29-23)19-8-4-5-11-33-19/h2-3,6-7,9-10,12-13,19,32H,4-5,8,11H2,1H3. The van der Waals surface area contributed by atoms with E-state index in [2.05, 4.69) is 15.2 Å². The number of halogens is 1. The number of hydrogen-bond acceptors (Lipinski definition) is 7. The summed E-state index contributed by atoms with van der Waals surface area (Å²) >= 11 is 1.38. The molecule has 0 spiro atoms. The van der Waals surface area contributed by atoms with Crippen LogP contribution < -0.4 is 0 Å². The molecule has 34 heavy (non-hydrogen) atoms. The molecule has 1 aromatic carbocycles. The number of thiazole rings is 1. The lowest BCUT2D eigenvalue weighted by atomic mass is 10.1. The molecular weight excluding hydrogens is 455 g/mol.